The first-order valence-electron chi connectivity index (χ1n) is 5.39. The molecule has 0 aliphatic heterocycles. The molecule has 8 heteroatoms. The Morgan fingerprint density at radius 3 is 2.60 bits per heavy atom. The quantitative estimate of drug-likeness (QED) is 0.891. The second-order valence-electron chi connectivity index (χ2n) is 3.97. The summed E-state index contributed by atoms with van der Waals surface area (Å²) in [5, 5.41) is 5.88. The molecule has 0 saturated heterocycles. The Labute approximate surface area is 120 Å². The molecule has 0 fully saturated rings. The van der Waals surface area contributed by atoms with Crippen molar-refractivity contribution in [2.45, 2.75) is 13.1 Å². The van der Waals surface area contributed by atoms with Gasteiger partial charge in [0.25, 0.3) is 5.91 Å². The Hall–Kier alpha value is -1.83. The van der Waals surface area contributed by atoms with Crippen molar-refractivity contribution >= 4 is 27.7 Å². The molecule has 0 spiro atoms. The van der Waals surface area contributed by atoms with Gasteiger partial charge in [0, 0.05) is 16.1 Å². The number of amides is 1. The van der Waals surface area contributed by atoms with Crippen LogP contribution in [-0.2, 0) is 6.18 Å². The van der Waals surface area contributed by atoms with Crippen molar-refractivity contribution in [2.24, 2.45) is 0 Å². The molecule has 20 heavy (non-hydrogen) atoms. The van der Waals surface area contributed by atoms with Crippen molar-refractivity contribution in [1.29, 1.82) is 0 Å². The van der Waals surface area contributed by atoms with Gasteiger partial charge in [-0.25, -0.2) is 0 Å². The van der Waals surface area contributed by atoms with E-state index >= 15 is 0 Å². The van der Waals surface area contributed by atoms with Gasteiger partial charge in [-0.2, -0.15) is 13.2 Å². The summed E-state index contributed by atoms with van der Waals surface area (Å²) in [7, 11) is 0. The summed E-state index contributed by atoms with van der Waals surface area (Å²) < 4.78 is 42.8. The number of aryl methyl sites for hydroxylation is 1. The monoisotopic (exact) mass is 348 g/mol. The maximum absolute atomic E-state index is 12.7. The highest BCUT2D eigenvalue weighted by Crippen LogP contribution is 2.35. The molecular weight excluding hydrogens is 341 g/mol. The standard InChI is InChI=1S/C12H8BrF3N2O2/c1-6-4-10(18-20-6)17-11(19)7-2-3-9(13)8(5-7)12(14,15)16/h2-5H,1H3,(H,17,18,19). The zero-order valence-corrected chi connectivity index (χ0v) is 11.7. The molecule has 2 aromatic rings. The zero-order chi connectivity index (χ0) is 14.9. The van der Waals surface area contributed by atoms with Gasteiger partial charge in [-0.05, 0) is 25.1 Å². The second kappa shape index (κ2) is 5.28. The summed E-state index contributed by atoms with van der Waals surface area (Å²) in [6.07, 6.45) is -4.54. The number of carbonyl (C=O) groups is 1. The van der Waals surface area contributed by atoms with Crippen LogP contribution in [-0.4, -0.2) is 11.1 Å². The molecule has 1 N–H and O–H groups in total. The van der Waals surface area contributed by atoms with Crippen molar-refractivity contribution in [3.8, 4) is 0 Å². The maximum Gasteiger partial charge on any atom is 0.417 e. The lowest BCUT2D eigenvalue weighted by atomic mass is 10.1. The first kappa shape index (κ1) is 14.6. The molecular formula is C12H8BrF3N2O2. The predicted molar refractivity (Wildman–Crippen MR) is 68.3 cm³/mol. The van der Waals surface area contributed by atoms with E-state index < -0.39 is 17.6 Å². The minimum atomic E-state index is -4.54. The van der Waals surface area contributed by atoms with Crippen LogP contribution in [0.25, 0.3) is 0 Å². The molecule has 0 aliphatic carbocycles. The van der Waals surface area contributed by atoms with Gasteiger partial charge in [0.15, 0.2) is 5.82 Å². The number of anilines is 1. The average Bonchev–Trinajstić information content (AvgIpc) is 2.73. The largest absolute Gasteiger partial charge is 0.417 e. The molecule has 2 rings (SSSR count). The fourth-order valence-corrected chi connectivity index (χ4v) is 1.97. The van der Waals surface area contributed by atoms with Crippen molar-refractivity contribution < 1.29 is 22.5 Å². The smallest absolute Gasteiger partial charge is 0.360 e. The third-order valence-electron chi connectivity index (χ3n) is 2.40. The summed E-state index contributed by atoms with van der Waals surface area (Å²) >= 11 is 2.81. The van der Waals surface area contributed by atoms with Gasteiger partial charge >= 0.3 is 6.18 Å². The molecule has 106 valence electrons. The van der Waals surface area contributed by atoms with Crippen LogP contribution in [0.4, 0.5) is 19.0 Å². The number of nitrogens with one attached hydrogen (secondary N) is 1. The lowest BCUT2D eigenvalue weighted by Gasteiger charge is -2.10. The normalized spacial score (nSPS) is 11.4. The van der Waals surface area contributed by atoms with E-state index in [0.717, 1.165) is 6.07 Å². The van der Waals surface area contributed by atoms with Crippen LogP contribution in [0.2, 0.25) is 0 Å². The number of rotatable bonds is 2. The molecule has 0 aliphatic rings. The number of hydrogen-bond donors (Lipinski definition) is 1. The Bertz CT molecular complexity index is 652. The highest BCUT2D eigenvalue weighted by Gasteiger charge is 2.33. The molecule has 0 bridgehead atoms. The SMILES string of the molecule is Cc1cc(NC(=O)c2ccc(Br)c(C(F)(F)F)c2)no1. The topological polar surface area (TPSA) is 55.1 Å². The first-order chi connectivity index (χ1) is 9.27. The summed E-state index contributed by atoms with van der Waals surface area (Å²) in [4.78, 5) is 11.8. The summed E-state index contributed by atoms with van der Waals surface area (Å²) in [6.45, 7) is 1.63. The summed E-state index contributed by atoms with van der Waals surface area (Å²) in [5.41, 5.74) is -1.04. The number of nitrogens with zero attached hydrogens (tertiary/aromatic N) is 1. The molecule has 1 aromatic carbocycles. The van der Waals surface area contributed by atoms with E-state index in [1.165, 1.54) is 18.2 Å². The Kier molecular flexibility index (Phi) is 3.85. The molecule has 0 radical (unpaired) electrons. The predicted octanol–water partition coefficient (Wildman–Crippen LogP) is 4.02. The minimum absolute atomic E-state index is 0.124. The Morgan fingerprint density at radius 2 is 2.05 bits per heavy atom. The van der Waals surface area contributed by atoms with E-state index in [9.17, 15) is 18.0 Å². The number of alkyl halides is 3. The average molecular weight is 349 g/mol. The Balaban J connectivity index is 2.27. The fourth-order valence-electron chi connectivity index (χ4n) is 1.50. The zero-order valence-electron chi connectivity index (χ0n) is 10.1. The molecule has 1 heterocycles. The van der Waals surface area contributed by atoms with Gasteiger partial charge < -0.3 is 9.84 Å². The lowest BCUT2D eigenvalue weighted by Crippen LogP contribution is -2.14. The summed E-state index contributed by atoms with van der Waals surface area (Å²) in [5.74, 6) is -0.0765. The minimum Gasteiger partial charge on any atom is -0.360 e. The van der Waals surface area contributed by atoms with Crippen LogP contribution in [0.3, 0.4) is 0 Å². The van der Waals surface area contributed by atoms with Gasteiger partial charge in [0.05, 0.1) is 5.56 Å². The number of hydrogen-bond acceptors (Lipinski definition) is 3. The van der Waals surface area contributed by atoms with Gasteiger partial charge in [-0.15, -0.1) is 0 Å². The second-order valence-corrected chi connectivity index (χ2v) is 4.82. The number of halogens is 4. The maximum atomic E-state index is 12.7. The number of benzene rings is 1. The molecule has 0 atom stereocenters. The highest BCUT2D eigenvalue weighted by atomic mass is 79.9. The van der Waals surface area contributed by atoms with Crippen molar-refractivity contribution in [1.82, 2.24) is 5.16 Å². The van der Waals surface area contributed by atoms with E-state index in [-0.39, 0.29) is 15.9 Å². The van der Waals surface area contributed by atoms with Crippen LogP contribution >= 0.6 is 15.9 Å². The highest BCUT2D eigenvalue weighted by molar-refractivity contribution is 9.10. The third-order valence-corrected chi connectivity index (χ3v) is 3.10. The van der Waals surface area contributed by atoms with Crippen molar-refractivity contribution in [3.05, 3.63) is 45.6 Å². The van der Waals surface area contributed by atoms with Gasteiger partial charge in [-0.3, -0.25) is 4.79 Å². The van der Waals surface area contributed by atoms with Crippen LogP contribution in [0.5, 0.6) is 0 Å². The first-order valence-corrected chi connectivity index (χ1v) is 6.18. The van der Waals surface area contributed by atoms with Crippen molar-refractivity contribution in [2.75, 3.05) is 5.32 Å². The van der Waals surface area contributed by atoms with E-state index in [2.05, 4.69) is 26.4 Å². The summed E-state index contributed by atoms with van der Waals surface area (Å²) in [6, 6.07) is 4.68. The van der Waals surface area contributed by atoms with E-state index in [1.807, 2.05) is 0 Å². The molecule has 0 unspecified atom stereocenters. The fraction of sp³-hybridized carbons (Fsp3) is 0.167. The third kappa shape index (κ3) is 3.19. The number of carbonyl (C=O) groups excluding carboxylic acids is 1. The van der Waals surface area contributed by atoms with Gasteiger partial charge in [0.1, 0.15) is 5.76 Å². The van der Waals surface area contributed by atoms with Crippen LogP contribution < -0.4 is 5.32 Å². The lowest BCUT2D eigenvalue weighted by molar-refractivity contribution is -0.138. The van der Waals surface area contributed by atoms with Gasteiger partial charge in [-0.1, -0.05) is 21.1 Å². The molecule has 1 aromatic heterocycles. The van der Waals surface area contributed by atoms with Crippen molar-refractivity contribution in [3.63, 3.8) is 0 Å². The molecule has 4 nitrogen and oxygen atoms in total. The van der Waals surface area contributed by atoms with E-state index in [4.69, 9.17) is 4.52 Å². The van der Waals surface area contributed by atoms with E-state index in [0.29, 0.717) is 5.76 Å². The number of aromatic nitrogens is 1. The van der Waals surface area contributed by atoms with Gasteiger partial charge in [0.2, 0.25) is 0 Å². The van der Waals surface area contributed by atoms with E-state index in [1.54, 1.807) is 6.92 Å². The molecule has 0 saturated carbocycles. The van der Waals surface area contributed by atoms with Crippen LogP contribution in [0.1, 0.15) is 21.7 Å². The van der Waals surface area contributed by atoms with Crippen LogP contribution in [0, 0.1) is 6.92 Å². The van der Waals surface area contributed by atoms with Crippen LogP contribution in [0.15, 0.2) is 33.3 Å². The Morgan fingerprint density at radius 1 is 1.35 bits per heavy atom. The molecule has 1 amide bonds.